The number of fused-ring (bicyclic) bond motifs is 6. The predicted octanol–water partition coefficient (Wildman–Crippen LogP) is 13.4. The first-order chi connectivity index (χ1) is 27.7. The highest BCUT2D eigenvalue weighted by atomic mass is 16.3. The molecule has 8 aromatic carbocycles. The smallest absolute Gasteiger partial charge is 0.160 e. The lowest BCUT2D eigenvalue weighted by molar-refractivity contribution is 0.666. The van der Waals surface area contributed by atoms with Gasteiger partial charge in [0.2, 0.25) is 0 Å². The van der Waals surface area contributed by atoms with Crippen molar-refractivity contribution in [2.24, 2.45) is 0 Å². The molecule has 3 heteroatoms. The van der Waals surface area contributed by atoms with Gasteiger partial charge in [-0.15, -0.1) is 0 Å². The van der Waals surface area contributed by atoms with E-state index >= 15 is 0 Å². The molecule has 0 bridgehead atoms. The van der Waals surface area contributed by atoms with E-state index in [0.29, 0.717) is 5.82 Å². The Bertz CT molecular complexity index is 2950. The van der Waals surface area contributed by atoms with Crippen molar-refractivity contribution >= 4 is 21.9 Å². The minimum absolute atomic E-state index is 0.472. The molecule has 0 amide bonds. The minimum atomic E-state index is -0.472. The van der Waals surface area contributed by atoms with Crippen LogP contribution in [0.4, 0.5) is 0 Å². The number of aromatic nitrogens is 2. The SMILES string of the molecule is c1ccc(-c2cc(-c3ccccc3)nc(-c3ccc(-c4ccc5c(c4)oc4cc6c(cc45)-c4ccccc4C6(c4ccccc4)c4ccccc4)cc3)n2)cc1. The standard InChI is InChI=1S/C53H34N2O/c1-5-15-36(16-6-1)48-34-49(37-17-7-2-8-18-37)55-52(54-48)38-27-25-35(26-28-38)39-29-30-43-45-32-44-42-23-13-14-24-46(42)53(40-19-9-3-10-20-40,41-21-11-4-12-22-41)47(44)33-51(45)56-50(43)31-39/h1-34H. The number of nitrogens with zero attached hydrogens (tertiary/aromatic N) is 2. The van der Waals surface area contributed by atoms with Crippen LogP contribution < -0.4 is 0 Å². The molecule has 0 fully saturated rings. The van der Waals surface area contributed by atoms with Crippen LogP contribution in [0.5, 0.6) is 0 Å². The average Bonchev–Trinajstić information content (AvgIpc) is 3.79. The number of benzene rings is 8. The molecular weight excluding hydrogens is 681 g/mol. The molecule has 56 heavy (non-hydrogen) atoms. The minimum Gasteiger partial charge on any atom is -0.456 e. The van der Waals surface area contributed by atoms with Crippen molar-refractivity contribution in [1.82, 2.24) is 9.97 Å². The molecule has 0 unspecified atom stereocenters. The number of hydrogen-bond donors (Lipinski definition) is 0. The Balaban J connectivity index is 1.01. The first-order valence-corrected chi connectivity index (χ1v) is 19.1. The summed E-state index contributed by atoms with van der Waals surface area (Å²) in [4.78, 5) is 10.1. The molecule has 0 N–H and O–H groups in total. The first kappa shape index (κ1) is 32.1. The maximum absolute atomic E-state index is 6.79. The molecule has 2 aromatic heterocycles. The number of hydrogen-bond acceptors (Lipinski definition) is 3. The summed E-state index contributed by atoms with van der Waals surface area (Å²) in [6, 6.07) is 73.1. The van der Waals surface area contributed by atoms with Crippen LogP contribution in [0.2, 0.25) is 0 Å². The highest BCUT2D eigenvalue weighted by Crippen LogP contribution is 2.57. The summed E-state index contributed by atoms with van der Waals surface area (Å²) < 4.78 is 6.79. The third-order valence-corrected chi connectivity index (χ3v) is 11.4. The highest BCUT2D eigenvalue weighted by molar-refractivity contribution is 6.09. The van der Waals surface area contributed by atoms with Gasteiger partial charge in [-0.25, -0.2) is 9.97 Å². The topological polar surface area (TPSA) is 38.9 Å². The molecule has 0 aliphatic heterocycles. The van der Waals surface area contributed by atoms with Crippen molar-refractivity contribution in [2.75, 3.05) is 0 Å². The molecule has 262 valence electrons. The molecule has 11 rings (SSSR count). The molecule has 0 spiro atoms. The third kappa shape index (κ3) is 5.05. The lowest BCUT2D eigenvalue weighted by Gasteiger charge is -2.33. The molecule has 1 aliphatic rings. The summed E-state index contributed by atoms with van der Waals surface area (Å²) in [5.74, 6) is 0.696. The fourth-order valence-electron chi connectivity index (χ4n) is 8.79. The summed E-state index contributed by atoms with van der Waals surface area (Å²) in [6.07, 6.45) is 0. The van der Waals surface area contributed by atoms with Crippen LogP contribution in [-0.4, -0.2) is 9.97 Å². The summed E-state index contributed by atoms with van der Waals surface area (Å²) in [6.45, 7) is 0. The maximum Gasteiger partial charge on any atom is 0.160 e. The van der Waals surface area contributed by atoms with Crippen LogP contribution >= 0.6 is 0 Å². The van der Waals surface area contributed by atoms with Gasteiger partial charge in [0, 0.05) is 27.5 Å². The molecule has 0 atom stereocenters. The van der Waals surface area contributed by atoms with E-state index < -0.39 is 5.41 Å². The van der Waals surface area contributed by atoms with E-state index in [0.717, 1.165) is 61.1 Å². The van der Waals surface area contributed by atoms with Gasteiger partial charge in [0.25, 0.3) is 0 Å². The van der Waals surface area contributed by atoms with Gasteiger partial charge in [0.05, 0.1) is 16.8 Å². The lowest BCUT2D eigenvalue weighted by Crippen LogP contribution is -2.28. The van der Waals surface area contributed by atoms with Gasteiger partial charge in [0.1, 0.15) is 11.2 Å². The van der Waals surface area contributed by atoms with Crippen LogP contribution in [0.3, 0.4) is 0 Å². The zero-order valence-corrected chi connectivity index (χ0v) is 30.4. The Morgan fingerprint density at radius 1 is 0.339 bits per heavy atom. The van der Waals surface area contributed by atoms with E-state index in [1.165, 1.54) is 33.4 Å². The molecule has 2 heterocycles. The zero-order valence-electron chi connectivity index (χ0n) is 30.4. The van der Waals surface area contributed by atoms with Gasteiger partial charge in [-0.05, 0) is 74.8 Å². The maximum atomic E-state index is 6.79. The van der Waals surface area contributed by atoms with Crippen LogP contribution in [-0.2, 0) is 5.41 Å². The molecular formula is C53H34N2O. The van der Waals surface area contributed by atoms with Crippen molar-refractivity contribution in [3.05, 3.63) is 229 Å². The molecule has 10 aromatic rings. The van der Waals surface area contributed by atoms with Crippen LogP contribution in [0, 0.1) is 0 Å². The molecule has 3 nitrogen and oxygen atoms in total. The third-order valence-electron chi connectivity index (χ3n) is 11.4. The summed E-state index contributed by atoms with van der Waals surface area (Å²) >= 11 is 0. The summed E-state index contributed by atoms with van der Waals surface area (Å²) in [7, 11) is 0. The fraction of sp³-hybridized carbons (Fsp3) is 0.0189. The van der Waals surface area contributed by atoms with Crippen molar-refractivity contribution < 1.29 is 4.42 Å². The van der Waals surface area contributed by atoms with E-state index in [4.69, 9.17) is 14.4 Å². The van der Waals surface area contributed by atoms with Gasteiger partial charge in [-0.3, -0.25) is 0 Å². The van der Waals surface area contributed by atoms with Crippen molar-refractivity contribution in [2.45, 2.75) is 5.41 Å². The van der Waals surface area contributed by atoms with Gasteiger partial charge < -0.3 is 4.42 Å². The average molecular weight is 715 g/mol. The zero-order chi connectivity index (χ0) is 37.1. The monoisotopic (exact) mass is 714 g/mol. The van der Waals surface area contributed by atoms with E-state index in [-0.39, 0.29) is 0 Å². The van der Waals surface area contributed by atoms with Crippen LogP contribution in [0.25, 0.3) is 78.1 Å². The van der Waals surface area contributed by atoms with Gasteiger partial charge in [0.15, 0.2) is 5.82 Å². The summed E-state index contributed by atoms with van der Waals surface area (Å²) in [5, 5.41) is 2.23. The van der Waals surface area contributed by atoms with E-state index in [9.17, 15) is 0 Å². The fourth-order valence-corrected chi connectivity index (χ4v) is 8.79. The van der Waals surface area contributed by atoms with E-state index in [2.05, 4.69) is 170 Å². The second-order valence-electron chi connectivity index (χ2n) is 14.5. The Morgan fingerprint density at radius 2 is 0.857 bits per heavy atom. The quantitative estimate of drug-likeness (QED) is 0.172. The Kier molecular flexibility index (Phi) is 7.39. The second kappa shape index (κ2) is 12.9. The number of furan rings is 1. The summed E-state index contributed by atoms with van der Waals surface area (Å²) in [5.41, 5.74) is 15.9. The Hall–Kier alpha value is -7.36. The Labute approximate surface area is 325 Å². The van der Waals surface area contributed by atoms with Crippen LogP contribution in [0.1, 0.15) is 22.3 Å². The van der Waals surface area contributed by atoms with Gasteiger partial charge in [-0.1, -0.05) is 176 Å². The molecule has 0 radical (unpaired) electrons. The normalized spacial score (nSPS) is 12.8. The first-order valence-electron chi connectivity index (χ1n) is 19.1. The van der Waals surface area contributed by atoms with Crippen molar-refractivity contribution in [1.29, 1.82) is 0 Å². The second-order valence-corrected chi connectivity index (χ2v) is 14.5. The largest absolute Gasteiger partial charge is 0.456 e. The Morgan fingerprint density at radius 3 is 1.48 bits per heavy atom. The van der Waals surface area contributed by atoms with Gasteiger partial charge in [-0.2, -0.15) is 0 Å². The van der Waals surface area contributed by atoms with Crippen LogP contribution in [0.15, 0.2) is 211 Å². The molecule has 0 saturated heterocycles. The van der Waals surface area contributed by atoms with Gasteiger partial charge >= 0.3 is 0 Å². The number of rotatable bonds is 6. The van der Waals surface area contributed by atoms with Crippen molar-refractivity contribution in [3.8, 4) is 56.2 Å². The lowest BCUT2D eigenvalue weighted by atomic mass is 9.67. The molecule has 1 aliphatic carbocycles. The van der Waals surface area contributed by atoms with Crippen molar-refractivity contribution in [3.63, 3.8) is 0 Å². The highest BCUT2D eigenvalue weighted by Gasteiger charge is 2.46. The predicted molar refractivity (Wildman–Crippen MR) is 228 cm³/mol. The van der Waals surface area contributed by atoms with E-state index in [1.54, 1.807) is 0 Å². The van der Waals surface area contributed by atoms with E-state index in [1.807, 2.05) is 36.4 Å². The molecule has 0 saturated carbocycles.